The highest BCUT2D eigenvalue weighted by Crippen LogP contribution is 2.32. The van der Waals surface area contributed by atoms with Crippen LogP contribution in [0.15, 0.2) is 90.3 Å². The maximum absolute atomic E-state index is 6.53. The monoisotopic (exact) mass is 387 g/mol. The van der Waals surface area contributed by atoms with Gasteiger partial charge in [0.1, 0.15) is 11.9 Å². The molecule has 0 saturated carbocycles. The second-order valence-electron chi connectivity index (χ2n) is 6.97. The summed E-state index contributed by atoms with van der Waals surface area (Å²) in [5, 5.41) is 8.13. The van der Waals surface area contributed by atoms with E-state index < -0.39 is 0 Å². The topological polar surface area (TPSA) is 21.3 Å². The number of hydrogen-bond acceptors (Lipinski definition) is 3. The highest BCUT2D eigenvalue weighted by molar-refractivity contribution is 7.10. The van der Waals surface area contributed by atoms with Crippen molar-refractivity contribution in [3.05, 3.63) is 101 Å². The SMILES string of the molecule is CC(NCCC(Oc1cccc2ccccc12)c1cccs1)c1ccccc1. The zero-order valence-corrected chi connectivity index (χ0v) is 16.9. The summed E-state index contributed by atoms with van der Waals surface area (Å²) in [6.07, 6.45) is 0.960. The van der Waals surface area contributed by atoms with Crippen molar-refractivity contribution in [2.45, 2.75) is 25.5 Å². The standard InChI is InChI=1S/C25H25NOS/c1-19(20-9-3-2-4-10-20)26-17-16-24(25-15-8-18-28-25)27-23-14-7-12-21-11-5-6-13-22(21)23/h2-15,18-19,24,26H,16-17H2,1H3. The summed E-state index contributed by atoms with van der Waals surface area (Å²) in [6, 6.07) is 29.8. The molecule has 28 heavy (non-hydrogen) atoms. The Morgan fingerprint density at radius 1 is 0.857 bits per heavy atom. The van der Waals surface area contributed by atoms with E-state index >= 15 is 0 Å². The number of thiophene rings is 1. The van der Waals surface area contributed by atoms with E-state index in [4.69, 9.17) is 4.74 Å². The number of hydrogen-bond donors (Lipinski definition) is 1. The van der Waals surface area contributed by atoms with Gasteiger partial charge >= 0.3 is 0 Å². The molecule has 0 fully saturated rings. The Morgan fingerprint density at radius 3 is 2.46 bits per heavy atom. The Labute approximate surface area is 170 Å². The molecule has 142 valence electrons. The van der Waals surface area contributed by atoms with Crippen LogP contribution in [-0.2, 0) is 0 Å². The Morgan fingerprint density at radius 2 is 1.64 bits per heavy atom. The van der Waals surface area contributed by atoms with E-state index in [1.54, 1.807) is 11.3 Å². The zero-order chi connectivity index (χ0) is 19.2. The summed E-state index contributed by atoms with van der Waals surface area (Å²) >= 11 is 1.76. The number of ether oxygens (including phenoxy) is 1. The van der Waals surface area contributed by atoms with E-state index in [1.165, 1.54) is 15.8 Å². The Balaban J connectivity index is 1.47. The first-order valence-electron chi connectivity index (χ1n) is 9.77. The smallest absolute Gasteiger partial charge is 0.134 e. The predicted molar refractivity (Wildman–Crippen MR) is 119 cm³/mol. The first kappa shape index (κ1) is 18.7. The molecule has 3 heteroatoms. The fourth-order valence-corrected chi connectivity index (χ4v) is 4.27. The molecule has 1 N–H and O–H groups in total. The summed E-state index contributed by atoms with van der Waals surface area (Å²) in [4.78, 5) is 1.27. The third kappa shape index (κ3) is 4.44. The molecule has 0 radical (unpaired) electrons. The molecule has 2 unspecified atom stereocenters. The van der Waals surface area contributed by atoms with Gasteiger partial charge in [-0.3, -0.25) is 0 Å². The van der Waals surface area contributed by atoms with E-state index in [9.17, 15) is 0 Å². The number of rotatable bonds is 8. The van der Waals surface area contributed by atoms with Gasteiger partial charge < -0.3 is 10.1 Å². The van der Waals surface area contributed by atoms with Gasteiger partial charge in [0, 0.05) is 22.7 Å². The van der Waals surface area contributed by atoms with Crippen LogP contribution in [0.1, 0.15) is 35.9 Å². The van der Waals surface area contributed by atoms with E-state index in [-0.39, 0.29) is 6.10 Å². The maximum Gasteiger partial charge on any atom is 0.134 e. The molecule has 4 rings (SSSR count). The lowest BCUT2D eigenvalue weighted by atomic mass is 10.1. The van der Waals surface area contributed by atoms with E-state index in [2.05, 4.69) is 103 Å². The second-order valence-corrected chi connectivity index (χ2v) is 7.95. The summed E-state index contributed by atoms with van der Waals surface area (Å²) in [6.45, 7) is 3.10. The predicted octanol–water partition coefficient (Wildman–Crippen LogP) is 6.76. The molecule has 0 amide bonds. The van der Waals surface area contributed by atoms with Gasteiger partial charge in [-0.2, -0.15) is 0 Å². The van der Waals surface area contributed by atoms with Gasteiger partial charge in [-0.05, 0) is 41.9 Å². The minimum atomic E-state index is 0.0429. The number of fused-ring (bicyclic) bond motifs is 1. The molecule has 0 spiro atoms. The van der Waals surface area contributed by atoms with Crippen molar-refractivity contribution in [2.75, 3.05) is 6.54 Å². The number of nitrogens with one attached hydrogen (secondary N) is 1. The molecule has 3 aromatic carbocycles. The van der Waals surface area contributed by atoms with Crippen LogP contribution >= 0.6 is 11.3 Å². The average Bonchev–Trinajstić information content (AvgIpc) is 3.28. The second kappa shape index (κ2) is 9.05. The molecule has 0 bridgehead atoms. The zero-order valence-electron chi connectivity index (χ0n) is 16.0. The van der Waals surface area contributed by atoms with Crippen LogP contribution < -0.4 is 10.1 Å². The van der Waals surface area contributed by atoms with Crippen molar-refractivity contribution in [2.24, 2.45) is 0 Å². The molecular formula is C25H25NOS. The lowest BCUT2D eigenvalue weighted by Gasteiger charge is -2.21. The summed E-state index contributed by atoms with van der Waals surface area (Å²) in [5.41, 5.74) is 1.31. The molecule has 1 heterocycles. The molecule has 2 atom stereocenters. The Bertz CT molecular complexity index is 992. The van der Waals surface area contributed by atoms with Gasteiger partial charge in [-0.1, -0.05) is 72.8 Å². The molecule has 4 aromatic rings. The fourth-order valence-electron chi connectivity index (χ4n) is 3.48. The van der Waals surface area contributed by atoms with Crippen molar-refractivity contribution in [1.29, 1.82) is 0 Å². The van der Waals surface area contributed by atoms with Gasteiger partial charge in [0.2, 0.25) is 0 Å². The lowest BCUT2D eigenvalue weighted by molar-refractivity contribution is 0.199. The van der Waals surface area contributed by atoms with Crippen molar-refractivity contribution >= 4 is 22.1 Å². The maximum atomic E-state index is 6.53. The molecule has 2 nitrogen and oxygen atoms in total. The fraction of sp³-hybridized carbons (Fsp3) is 0.200. The van der Waals surface area contributed by atoms with Gasteiger partial charge in [0.25, 0.3) is 0 Å². The molecule has 1 aromatic heterocycles. The highest BCUT2D eigenvalue weighted by atomic mass is 32.1. The highest BCUT2D eigenvalue weighted by Gasteiger charge is 2.16. The van der Waals surface area contributed by atoms with Crippen LogP contribution in [0.4, 0.5) is 0 Å². The van der Waals surface area contributed by atoms with Crippen LogP contribution in [0.2, 0.25) is 0 Å². The third-order valence-electron chi connectivity index (χ3n) is 5.04. The van der Waals surface area contributed by atoms with E-state index in [0.29, 0.717) is 6.04 Å². The van der Waals surface area contributed by atoms with E-state index in [1.807, 2.05) is 0 Å². The molecule has 0 aliphatic rings. The third-order valence-corrected chi connectivity index (χ3v) is 6.00. The Hall–Kier alpha value is -2.62. The van der Waals surface area contributed by atoms with E-state index in [0.717, 1.165) is 24.1 Å². The first-order valence-corrected chi connectivity index (χ1v) is 10.7. The largest absolute Gasteiger partial charge is 0.484 e. The van der Waals surface area contributed by atoms with Gasteiger partial charge in [-0.15, -0.1) is 11.3 Å². The van der Waals surface area contributed by atoms with Crippen molar-refractivity contribution < 1.29 is 4.74 Å². The quantitative estimate of drug-likeness (QED) is 0.360. The summed E-state index contributed by atoms with van der Waals surface area (Å²) in [7, 11) is 0. The van der Waals surface area contributed by atoms with Crippen molar-refractivity contribution in [1.82, 2.24) is 5.32 Å². The minimum absolute atomic E-state index is 0.0429. The van der Waals surface area contributed by atoms with Crippen LogP contribution in [0.25, 0.3) is 10.8 Å². The average molecular weight is 388 g/mol. The van der Waals surface area contributed by atoms with Crippen molar-refractivity contribution in [3.63, 3.8) is 0 Å². The number of benzene rings is 3. The summed E-state index contributed by atoms with van der Waals surface area (Å²) < 4.78 is 6.53. The molecule has 0 aliphatic heterocycles. The van der Waals surface area contributed by atoms with Crippen LogP contribution in [0.5, 0.6) is 5.75 Å². The van der Waals surface area contributed by atoms with Gasteiger partial charge in [0.15, 0.2) is 0 Å². The normalized spacial score (nSPS) is 13.3. The molecule has 0 saturated heterocycles. The van der Waals surface area contributed by atoms with Gasteiger partial charge in [-0.25, -0.2) is 0 Å². The lowest BCUT2D eigenvalue weighted by Crippen LogP contribution is -2.22. The van der Waals surface area contributed by atoms with Crippen LogP contribution in [0, 0.1) is 0 Å². The summed E-state index contributed by atoms with van der Waals surface area (Å²) in [5.74, 6) is 0.951. The van der Waals surface area contributed by atoms with Crippen LogP contribution in [-0.4, -0.2) is 6.54 Å². The first-order chi connectivity index (χ1) is 13.8. The molecular weight excluding hydrogens is 362 g/mol. The Kier molecular flexibility index (Phi) is 6.05. The molecule has 0 aliphatic carbocycles. The minimum Gasteiger partial charge on any atom is -0.484 e. The van der Waals surface area contributed by atoms with Crippen molar-refractivity contribution in [3.8, 4) is 5.75 Å². The van der Waals surface area contributed by atoms with Gasteiger partial charge in [0.05, 0.1) is 0 Å². The van der Waals surface area contributed by atoms with Crippen LogP contribution in [0.3, 0.4) is 0 Å².